The molecule has 1 aliphatic heterocycles. The van der Waals surface area contributed by atoms with Crippen LogP contribution in [0.4, 0.5) is 0 Å². The van der Waals surface area contributed by atoms with Gasteiger partial charge in [-0.1, -0.05) is 30.3 Å². The first kappa shape index (κ1) is 23.0. The zero-order valence-corrected chi connectivity index (χ0v) is 18.7. The quantitative estimate of drug-likeness (QED) is 0.357. The van der Waals surface area contributed by atoms with Gasteiger partial charge in [0.05, 0.1) is 10.6 Å². The molecule has 34 heavy (non-hydrogen) atoms. The molecule has 0 bridgehead atoms. The summed E-state index contributed by atoms with van der Waals surface area (Å²) in [6.45, 7) is 1.78. The number of ether oxygens (including phenoxy) is 2. The van der Waals surface area contributed by atoms with Crippen molar-refractivity contribution in [3.63, 3.8) is 0 Å². The molecule has 1 aliphatic rings. The van der Waals surface area contributed by atoms with Crippen LogP contribution in [0.3, 0.4) is 0 Å². The lowest BCUT2D eigenvalue weighted by Gasteiger charge is -2.06. The van der Waals surface area contributed by atoms with Gasteiger partial charge in [0.25, 0.3) is 0 Å². The molecule has 0 unspecified atom stereocenters. The van der Waals surface area contributed by atoms with Crippen LogP contribution in [0.1, 0.15) is 11.1 Å². The van der Waals surface area contributed by atoms with Gasteiger partial charge >= 0.3 is 11.9 Å². The van der Waals surface area contributed by atoms with Crippen LogP contribution in [-0.2, 0) is 22.7 Å². The van der Waals surface area contributed by atoms with Crippen LogP contribution in [0.15, 0.2) is 72.2 Å². The van der Waals surface area contributed by atoms with E-state index in [1.54, 1.807) is 11.3 Å². The molecule has 0 spiro atoms. The number of hydrogen-bond acceptors (Lipinski definition) is 7. The molecule has 0 saturated carbocycles. The first-order chi connectivity index (χ1) is 16.5. The van der Waals surface area contributed by atoms with E-state index in [4.69, 9.17) is 34.4 Å². The highest BCUT2D eigenvalue weighted by Crippen LogP contribution is 2.32. The summed E-state index contributed by atoms with van der Waals surface area (Å²) in [5.74, 6) is -2.02. The van der Waals surface area contributed by atoms with Crippen LogP contribution in [0.2, 0.25) is 0 Å². The second-order valence-corrected chi connectivity index (χ2v) is 8.11. The van der Waals surface area contributed by atoms with Crippen molar-refractivity contribution < 1.29 is 29.3 Å². The molecule has 2 aromatic heterocycles. The van der Waals surface area contributed by atoms with Gasteiger partial charge in [-0.2, -0.15) is 5.10 Å². The van der Waals surface area contributed by atoms with Crippen molar-refractivity contribution in [3.8, 4) is 27.8 Å². The molecule has 9 nitrogen and oxygen atoms in total. The van der Waals surface area contributed by atoms with Crippen LogP contribution in [0, 0.1) is 0 Å². The molecule has 174 valence electrons. The smallest absolute Gasteiger partial charge is 0.414 e. The Hall–Kier alpha value is -4.15. The normalized spacial score (nSPS) is 11.5. The lowest BCUT2D eigenvalue weighted by atomic mass is 10.2. The largest absolute Gasteiger partial charge is 0.473 e. The summed E-state index contributed by atoms with van der Waals surface area (Å²) in [5.41, 5.74) is 4.42. The summed E-state index contributed by atoms with van der Waals surface area (Å²) < 4.78 is 12.8. The molecule has 3 heterocycles. The average molecular weight is 480 g/mol. The maximum Gasteiger partial charge on any atom is 0.414 e. The number of nitrogens with zero attached hydrogens (tertiary/aromatic N) is 2. The Kier molecular flexibility index (Phi) is 7.21. The molecule has 0 saturated heterocycles. The zero-order valence-electron chi connectivity index (χ0n) is 17.9. The minimum absolute atomic E-state index is 0.301. The van der Waals surface area contributed by atoms with E-state index in [2.05, 4.69) is 47.2 Å². The molecule has 0 aliphatic carbocycles. The fourth-order valence-electron chi connectivity index (χ4n) is 3.27. The van der Waals surface area contributed by atoms with E-state index >= 15 is 0 Å². The van der Waals surface area contributed by atoms with Crippen LogP contribution in [0.5, 0.6) is 11.5 Å². The van der Waals surface area contributed by atoms with Gasteiger partial charge in [0, 0.05) is 24.8 Å². The van der Waals surface area contributed by atoms with Gasteiger partial charge in [0.15, 0.2) is 11.5 Å². The van der Waals surface area contributed by atoms with Gasteiger partial charge < -0.3 is 25.0 Å². The van der Waals surface area contributed by atoms with Crippen molar-refractivity contribution >= 4 is 23.3 Å². The van der Waals surface area contributed by atoms with Crippen LogP contribution in [0.25, 0.3) is 16.3 Å². The Morgan fingerprint density at radius 1 is 0.971 bits per heavy atom. The lowest BCUT2D eigenvalue weighted by Crippen LogP contribution is -2.12. The SMILES string of the molecule is O=C(O)C(=O)O.c1ccc(-n2cc(CNCc3ccc4c(c3)OCO4)c(-c3cccs3)n2)cc1. The summed E-state index contributed by atoms with van der Waals surface area (Å²) in [4.78, 5) is 19.4. The van der Waals surface area contributed by atoms with Crippen LogP contribution < -0.4 is 14.8 Å². The molecule has 4 aromatic rings. The minimum Gasteiger partial charge on any atom is -0.473 e. The fraction of sp³-hybridized carbons (Fsp3) is 0.125. The van der Waals surface area contributed by atoms with Crippen molar-refractivity contribution in [3.05, 3.63) is 83.4 Å². The third-order valence-electron chi connectivity index (χ3n) is 4.83. The summed E-state index contributed by atoms with van der Waals surface area (Å²) >= 11 is 1.71. The topological polar surface area (TPSA) is 123 Å². The summed E-state index contributed by atoms with van der Waals surface area (Å²) in [7, 11) is 0. The molecule has 0 amide bonds. The lowest BCUT2D eigenvalue weighted by molar-refractivity contribution is -0.159. The number of nitrogens with one attached hydrogen (secondary N) is 1. The van der Waals surface area contributed by atoms with Crippen molar-refractivity contribution in [2.24, 2.45) is 0 Å². The van der Waals surface area contributed by atoms with Crippen molar-refractivity contribution in [1.29, 1.82) is 0 Å². The van der Waals surface area contributed by atoms with E-state index in [1.807, 2.05) is 35.0 Å². The van der Waals surface area contributed by atoms with Crippen molar-refractivity contribution in [1.82, 2.24) is 15.1 Å². The molecule has 0 fully saturated rings. The third kappa shape index (κ3) is 5.61. The highest BCUT2D eigenvalue weighted by atomic mass is 32.1. The molecule has 5 rings (SSSR count). The molecule has 10 heteroatoms. The van der Waals surface area contributed by atoms with E-state index in [0.717, 1.165) is 41.5 Å². The Morgan fingerprint density at radius 2 is 1.74 bits per heavy atom. The number of thiophene rings is 1. The molecule has 0 radical (unpaired) electrons. The number of carboxylic acid groups (broad SMARTS) is 2. The number of aromatic nitrogens is 2. The monoisotopic (exact) mass is 479 g/mol. The van der Waals surface area contributed by atoms with Crippen molar-refractivity contribution in [2.75, 3.05) is 6.79 Å². The van der Waals surface area contributed by atoms with Gasteiger partial charge in [-0.05, 0) is 41.3 Å². The maximum absolute atomic E-state index is 9.10. The van der Waals surface area contributed by atoms with E-state index in [-0.39, 0.29) is 0 Å². The number of fused-ring (bicyclic) bond motifs is 1. The van der Waals surface area contributed by atoms with Gasteiger partial charge in [0.1, 0.15) is 5.69 Å². The van der Waals surface area contributed by atoms with Crippen molar-refractivity contribution in [2.45, 2.75) is 13.1 Å². The Bertz CT molecular complexity index is 1260. The summed E-state index contributed by atoms with van der Waals surface area (Å²) in [6.07, 6.45) is 2.11. The second-order valence-electron chi connectivity index (χ2n) is 7.16. The number of carboxylic acids is 2. The average Bonchev–Trinajstić information content (AvgIpc) is 3.60. The summed E-state index contributed by atoms with van der Waals surface area (Å²) in [6, 6.07) is 20.4. The van der Waals surface area contributed by atoms with Gasteiger partial charge in [-0.15, -0.1) is 11.3 Å². The Labute approximate surface area is 198 Å². The molecule has 2 aromatic carbocycles. The number of hydrogen-bond donors (Lipinski definition) is 3. The van der Waals surface area contributed by atoms with Gasteiger partial charge in [-0.25, -0.2) is 14.3 Å². The third-order valence-corrected chi connectivity index (χ3v) is 5.71. The zero-order chi connectivity index (χ0) is 23.9. The van der Waals surface area contributed by atoms with E-state index in [1.165, 1.54) is 10.4 Å². The van der Waals surface area contributed by atoms with E-state index in [0.29, 0.717) is 6.79 Å². The van der Waals surface area contributed by atoms with Crippen LogP contribution >= 0.6 is 11.3 Å². The number of para-hydroxylation sites is 1. The predicted octanol–water partition coefficient (Wildman–Crippen LogP) is 3.77. The van der Waals surface area contributed by atoms with E-state index < -0.39 is 11.9 Å². The van der Waals surface area contributed by atoms with Crippen LogP contribution in [-0.4, -0.2) is 38.7 Å². The fourth-order valence-corrected chi connectivity index (χ4v) is 4.01. The molecular formula is C24H21N3O6S. The first-order valence-corrected chi connectivity index (χ1v) is 11.1. The Balaban J connectivity index is 0.000000408. The molecular weight excluding hydrogens is 458 g/mol. The standard InChI is InChI=1S/C22H19N3O2S.C2H2O4/c1-2-5-18(6-3-1)25-14-17(22(24-25)21-7-4-10-28-21)13-23-12-16-8-9-19-20(11-16)27-15-26-19;3-1(4)2(5)6/h1-11,14,23H,12-13,15H2;(H,3,4)(H,5,6). The molecule has 3 N–H and O–H groups in total. The number of benzene rings is 2. The number of aliphatic carboxylic acids is 2. The summed E-state index contributed by atoms with van der Waals surface area (Å²) in [5, 5.41) is 25.2. The highest BCUT2D eigenvalue weighted by Gasteiger charge is 2.15. The minimum atomic E-state index is -1.82. The highest BCUT2D eigenvalue weighted by molar-refractivity contribution is 7.13. The first-order valence-electron chi connectivity index (χ1n) is 10.2. The van der Waals surface area contributed by atoms with Gasteiger partial charge in [0.2, 0.25) is 6.79 Å². The van der Waals surface area contributed by atoms with Gasteiger partial charge in [-0.3, -0.25) is 0 Å². The predicted molar refractivity (Wildman–Crippen MR) is 125 cm³/mol. The van der Waals surface area contributed by atoms with E-state index in [9.17, 15) is 0 Å². The molecule has 0 atom stereocenters. The number of carbonyl (C=O) groups is 2. The number of rotatable bonds is 6. The Morgan fingerprint density at radius 3 is 2.44 bits per heavy atom. The maximum atomic E-state index is 9.10. The second kappa shape index (κ2) is 10.6.